The Morgan fingerprint density at radius 1 is 1.53 bits per heavy atom. The van der Waals surface area contributed by atoms with E-state index in [9.17, 15) is 9.90 Å². The van der Waals surface area contributed by atoms with Crippen molar-refractivity contribution in [1.29, 1.82) is 0 Å². The van der Waals surface area contributed by atoms with Crippen LogP contribution in [0.25, 0.3) is 0 Å². The number of carbonyl (C=O) groups excluding carboxylic acids is 1. The average molecular weight is 212 g/mol. The molecule has 2 saturated heterocycles. The molecule has 0 radical (unpaired) electrons. The van der Waals surface area contributed by atoms with Crippen molar-refractivity contribution in [2.45, 2.75) is 25.9 Å². The lowest BCUT2D eigenvalue weighted by molar-refractivity contribution is -0.136. The van der Waals surface area contributed by atoms with Crippen LogP contribution in [-0.4, -0.2) is 48.2 Å². The number of hydrogen-bond donors (Lipinski definition) is 2. The summed E-state index contributed by atoms with van der Waals surface area (Å²) < 4.78 is 0. The van der Waals surface area contributed by atoms with Gasteiger partial charge in [0.25, 0.3) is 0 Å². The normalized spacial score (nSPS) is 32.5. The molecule has 0 aromatic rings. The van der Waals surface area contributed by atoms with Crippen molar-refractivity contribution in [2.75, 3.05) is 26.2 Å². The van der Waals surface area contributed by atoms with Crippen LogP contribution < -0.4 is 5.32 Å². The number of aliphatic hydroxyl groups excluding tert-OH is 1. The maximum absolute atomic E-state index is 11.9. The lowest BCUT2D eigenvalue weighted by Crippen LogP contribution is -2.49. The van der Waals surface area contributed by atoms with E-state index in [1.54, 1.807) is 0 Å². The first kappa shape index (κ1) is 10.9. The van der Waals surface area contributed by atoms with Crippen molar-refractivity contribution in [3.05, 3.63) is 0 Å². The van der Waals surface area contributed by atoms with Gasteiger partial charge >= 0.3 is 0 Å². The fourth-order valence-corrected chi connectivity index (χ4v) is 2.23. The van der Waals surface area contributed by atoms with Gasteiger partial charge in [0.2, 0.25) is 5.91 Å². The number of likely N-dealkylation sites (tertiary alicyclic amines) is 1. The topological polar surface area (TPSA) is 52.6 Å². The van der Waals surface area contributed by atoms with Gasteiger partial charge in [-0.25, -0.2) is 0 Å². The minimum Gasteiger partial charge on any atom is -0.393 e. The van der Waals surface area contributed by atoms with Gasteiger partial charge in [0, 0.05) is 19.5 Å². The zero-order chi connectivity index (χ0) is 10.8. The van der Waals surface area contributed by atoms with Crippen LogP contribution >= 0.6 is 0 Å². The van der Waals surface area contributed by atoms with Crippen molar-refractivity contribution in [1.82, 2.24) is 10.2 Å². The Morgan fingerprint density at radius 3 is 2.80 bits per heavy atom. The van der Waals surface area contributed by atoms with E-state index in [1.807, 2.05) is 11.8 Å². The van der Waals surface area contributed by atoms with Crippen LogP contribution in [0.5, 0.6) is 0 Å². The Kier molecular flexibility index (Phi) is 3.26. The van der Waals surface area contributed by atoms with Gasteiger partial charge in [-0.3, -0.25) is 4.79 Å². The van der Waals surface area contributed by atoms with Crippen LogP contribution in [0.2, 0.25) is 0 Å². The number of aliphatic hydroxyl groups is 1. The second kappa shape index (κ2) is 4.49. The molecule has 0 aliphatic carbocycles. The minimum absolute atomic E-state index is 0.223. The predicted molar refractivity (Wildman–Crippen MR) is 57.3 cm³/mol. The summed E-state index contributed by atoms with van der Waals surface area (Å²) in [5, 5.41) is 12.7. The maximum Gasteiger partial charge on any atom is 0.222 e. The molecule has 0 aromatic heterocycles. The summed E-state index contributed by atoms with van der Waals surface area (Å²) in [5.74, 6) is 1.03. The fraction of sp³-hybridized carbons (Fsp3) is 0.909. The molecular formula is C11H20N2O2. The molecule has 1 amide bonds. The van der Waals surface area contributed by atoms with E-state index in [-0.39, 0.29) is 17.9 Å². The monoisotopic (exact) mass is 212 g/mol. The molecule has 0 saturated carbocycles. The number of hydrogen-bond acceptors (Lipinski definition) is 3. The van der Waals surface area contributed by atoms with Gasteiger partial charge in [0.15, 0.2) is 0 Å². The van der Waals surface area contributed by atoms with Crippen molar-refractivity contribution < 1.29 is 9.90 Å². The van der Waals surface area contributed by atoms with Crippen LogP contribution in [0.3, 0.4) is 0 Å². The molecule has 15 heavy (non-hydrogen) atoms. The van der Waals surface area contributed by atoms with E-state index in [0.717, 1.165) is 32.6 Å². The van der Waals surface area contributed by atoms with Crippen molar-refractivity contribution in [2.24, 2.45) is 11.8 Å². The number of nitrogens with one attached hydrogen (secondary N) is 1. The molecule has 86 valence electrons. The van der Waals surface area contributed by atoms with E-state index in [2.05, 4.69) is 5.32 Å². The molecule has 2 aliphatic rings. The van der Waals surface area contributed by atoms with E-state index in [4.69, 9.17) is 0 Å². The number of amides is 1. The van der Waals surface area contributed by atoms with E-state index < -0.39 is 0 Å². The average Bonchev–Trinajstić information content (AvgIpc) is 2.15. The summed E-state index contributed by atoms with van der Waals surface area (Å²) in [6, 6.07) is 0. The van der Waals surface area contributed by atoms with Gasteiger partial charge in [-0.2, -0.15) is 0 Å². The number of rotatable bonds is 2. The molecule has 2 heterocycles. The third-order valence-electron chi connectivity index (χ3n) is 3.54. The summed E-state index contributed by atoms with van der Waals surface area (Å²) in [5.41, 5.74) is 0. The summed E-state index contributed by atoms with van der Waals surface area (Å²) in [4.78, 5) is 13.8. The molecular weight excluding hydrogens is 192 g/mol. The Hall–Kier alpha value is -0.610. The Morgan fingerprint density at radius 2 is 2.27 bits per heavy atom. The lowest BCUT2D eigenvalue weighted by Gasteiger charge is -2.36. The first-order valence-electron chi connectivity index (χ1n) is 5.83. The van der Waals surface area contributed by atoms with Gasteiger partial charge in [0.1, 0.15) is 0 Å². The molecule has 2 atom stereocenters. The first-order valence-corrected chi connectivity index (χ1v) is 5.83. The molecule has 2 rings (SSSR count). The van der Waals surface area contributed by atoms with Crippen LogP contribution in [0.15, 0.2) is 0 Å². The Labute approximate surface area is 90.6 Å². The number of nitrogens with zero attached hydrogens (tertiary/aromatic N) is 1. The molecule has 4 nitrogen and oxygen atoms in total. The summed E-state index contributed by atoms with van der Waals surface area (Å²) in [6.45, 7) is 5.43. The Balaban J connectivity index is 1.79. The van der Waals surface area contributed by atoms with E-state index >= 15 is 0 Å². The zero-order valence-electron chi connectivity index (χ0n) is 9.28. The molecule has 0 spiro atoms. The molecule has 2 aliphatic heterocycles. The van der Waals surface area contributed by atoms with Crippen LogP contribution in [0.1, 0.15) is 19.8 Å². The quantitative estimate of drug-likeness (QED) is 0.668. The number of piperidine rings is 1. The summed E-state index contributed by atoms with van der Waals surface area (Å²) in [7, 11) is 0. The highest BCUT2D eigenvalue weighted by atomic mass is 16.3. The van der Waals surface area contributed by atoms with Crippen molar-refractivity contribution in [3.63, 3.8) is 0 Å². The summed E-state index contributed by atoms with van der Waals surface area (Å²) >= 11 is 0. The lowest BCUT2D eigenvalue weighted by atomic mass is 9.94. The van der Waals surface area contributed by atoms with Gasteiger partial charge in [-0.1, -0.05) is 6.92 Å². The third-order valence-corrected chi connectivity index (χ3v) is 3.54. The molecule has 0 bridgehead atoms. The van der Waals surface area contributed by atoms with Crippen molar-refractivity contribution >= 4 is 5.91 Å². The molecule has 2 fully saturated rings. The van der Waals surface area contributed by atoms with Gasteiger partial charge < -0.3 is 15.3 Å². The molecule has 4 heteroatoms. The predicted octanol–water partition coefficient (Wildman–Crippen LogP) is -0.175. The Bertz CT molecular complexity index is 241. The van der Waals surface area contributed by atoms with E-state index in [0.29, 0.717) is 12.3 Å². The smallest absolute Gasteiger partial charge is 0.222 e. The first-order chi connectivity index (χ1) is 7.16. The number of carbonyl (C=O) groups is 1. The fourth-order valence-electron chi connectivity index (χ4n) is 2.23. The van der Waals surface area contributed by atoms with Crippen LogP contribution in [0.4, 0.5) is 0 Å². The molecule has 2 unspecified atom stereocenters. The molecule has 2 N–H and O–H groups in total. The standard InChI is InChI=1S/C11H20N2O2/c1-8-7-13(3-2-10(8)14)11(15)4-9-5-12-6-9/h8-10,12,14H,2-7H2,1H3. The van der Waals surface area contributed by atoms with Gasteiger partial charge in [-0.05, 0) is 31.3 Å². The highest BCUT2D eigenvalue weighted by Gasteiger charge is 2.29. The maximum atomic E-state index is 11.9. The second-order valence-corrected chi connectivity index (χ2v) is 4.90. The minimum atomic E-state index is -0.223. The summed E-state index contributed by atoms with van der Waals surface area (Å²) in [6.07, 6.45) is 1.19. The largest absolute Gasteiger partial charge is 0.393 e. The van der Waals surface area contributed by atoms with Crippen molar-refractivity contribution in [3.8, 4) is 0 Å². The SMILES string of the molecule is CC1CN(C(=O)CC2CNC2)CCC1O. The van der Waals surface area contributed by atoms with E-state index in [1.165, 1.54) is 0 Å². The zero-order valence-corrected chi connectivity index (χ0v) is 9.28. The second-order valence-electron chi connectivity index (χ2n) is 4.90. The highest BCUT2D eigenvalue weighted by Crippen LogP contribution is 2.19. The highest BCUT2D eigenvalue weighted by molar-refractivity contribution is 5.76. The third kappa shape index (κ3) is 2.49. The van der Waals surface area contributed by atoms with Crippen LogP contribution in [-0.2, 0) is 4.79 Å². The molecule has 0 aromatic carbocycles. The van der Waals surface area contributed by atoms with Crippen LogP contribution in [0, 0.1) is 11.8 Å². The van der Waals surface area contributed by atoms with Gasteiger partial charge in [0.05, 0.1) is 6.10 Å². The van der Waals surface area contributed by atoms with Gasteiger partial charge in [-0.15, -0.1) is 0 Å².